The van der Waals surface area contributed by atoms with Crippen molar-refractivity contribution in [3.05, 3.63) is 39.9 Å². The number of hydrogen-bond acceptors (Lipinski definition) is 7. The van der Waals surface area contributed by atoms with Crippen molar-refractivity contribution in [2.45, 2.75) is 64.3 Å². The minimum atomic E-state index is -0.573. The van der Waals surface area contributed by atoms with Crippen molar-refractivity contribution in [1.29, 1.82) is 5.26 Å². The minimum Gasteiger partial charge on any atom is -0.444 e. The van der Waals surface area contributed by atoms with Crippen LogP contribution in [-0.2, 0) is 16.7 Å². The van der Waals surface area contributed by atoms with E-state index in [0.717, 1.165) is 5.69 Å². The lowest BCUT2D eigenvalue weighted by atomic mass is 9.91. The topological polar surface area (TPSA) is 110 Å². The van der Waals surface area contributed by atoms with Crippen LogP contribution in [0, 0.1) is 17.2 Å². The van der Waals surface area contributed by atoms with Gasteiger partial charge in [0.25, 0.3) is 5.56 Å². The number of nitrogens with one attached hydrogen (secondary N) is 1. The highest BCUT2D eigenvalue weighted by Crippen LogP contribution is 2.29. The molecule has 1 N–H and O–H groups in total. The van der Waals surface area contributed by atoms with Gasteiger partial charge in [-0.05, 0) is 32.9 Å². The third kappa shape index (κ3) is 5.49. The van der Waals surface area contributed by atoms with Gasteiger partial charge in [0.2, 0.25) is 0 Å². The monoisotopic (exact) mass is 455 g/mol. The molecule has 1 aliphatic rings. The predicted molar refractivity (Wildman–Crippen MR) is 124 cm³/mol. The molecule has 170 valence electrons. The van der Waals surface area contributed by atoms with Crippen LogP contribution in [-0.4, -0.2) is 38.5 Å². The number of nitriles is 1. The molecule has 1 unspecified atom stereocenters. The van der Waals surface area contributed by atoms with Gasteiger partial charge in [0.1, 0.15) is 17.2 Å². The number of amides is 1. The second kappa shape index (κ2) is 8.94. The van der Waals surface area contributed by atoms with E-state index in [1.807, 2.05) is 18.2 Å². The van der Waals surface area contributed by atoms with Gasteiger partial charge in [0.15, 0.2) is 5.16 Å². The van der Waals surface area contributed by atoms with Crippen molar-refractivity contribution in [2.75, 3.05) is 12.3 Å². The van der Waals surface area contributed by atoms with Crippen LogP contribution in [0.15, 0.2) is 28.3 Å². The number of aromatic nitrogens is 3. The molecule has 8 nitrogen and oxygen atoms in total. The highest BCUT2D eigenvalue weighted by atomic mass is 32.2. The molecule has 32 heavy (non-hydrogen) atoms. The van der Waals surface area contributed by atoms with E-state index >= 15 is 0 Å². The Labute approximate surface area is 192 Å². The molecule has 0 bridgehead atoms. The summed E-state index contributed by atoms with van der Waals surface area (Å²) in [5.74, 6) is 0.707. The zero-order chi connectivity index (χ0) is 23.7. The highest BCUT2D eigenvalue weighted by molar-refractivity contribution is 7.99. The van der Waals surface area contributed by atoms with Crippen molar-refractivity contribution >= 4 is 17.9 Å². The summed E-state index contributed by atoms with van der Waals surface area (Å²) < 4.78 is 6.79. The number of fused-ring (bicyclic) bond motifs is 1. The van der Waals surface area contributed by atoms with Gasteiger partial charge in [-0.3, -0.25) is 14.3 Å². The van der Waals surface area contributed by atoms with E-state index < -0.39 is 11.7 Å². The molecule has 0 saturated carbocycles. The molecule has 0 saturated heterocycles. The lowest BCUT2D eigenvalue weighted by molar-refractivity contribution is 0.0519. The molecule has 9 heteroatoms. The van der Waals surface area contributed by atoms with Crippen LogP contribution in [0.5, 0.6) is 0 Å². The molecule has 3 heterocycles. The first-order valence-electron chi connectivity index (χ1n) is 10.5. The van der Waals surface area contributed by atoms with E-state index in [1.165, 1.54) is 16.3 Å². The Balaban J connectivity index is 1.83. The normalized spacial score (nSPS) is 16.1. The molecular formula is C23H29N5O3S. The number of hydrogen-bond donors (Lipinski definition) is 1. The summed E-state index contributed by atoms with van der Waals surface area (Å²) in [6.07, 6.45) is 1.18. The average Bonchev–Trinajstić information content (AvgIpc) is 2.70. The average molecular weight is 456 g/mol. The van der Waals surface area contributed by atoms with Crippen LogP contribution in [0.2, 0.25) is 0 Å². The van der Waals surface area contributed by atoms with E-state index in [0.29, 0.717) is 35.3 Å². The van der Waals surface area contributed by atoms with Gasteiger partial charge in [-0.1, -0.05) is 32.5 Å². The van der Waals surface area contributed by atoms with E-state index in [1.54, 1.807) is 27.0 Å². The summed E-state index contributed by atoms with van der Waals surface area (Å²) in [5, 5.41) is 13.0. The first-order chi connectivity index (χ1) is 14.9. The van der Waals surface area contributed by atoms with Crippen molar-refractivity contribution in [2.24, 2.45) is 5.92 Å². The van der Waals surface area contributed by atoms with Gasteiger partial charge >= 0.3 is 6.09 Å². The summed E-state index contributed by atoms with van der Waals surface area (Å²) in [4.78, 5) is 34.2. The van der Waals surface area contributed by atoms with Gasteiger partial charge in [-0.25, -0.2) is 9.78 Å². The Bertz CT molecular complexity index is 1110. The van der Waals surface area contributed by atoms with Crippen LogP contribution in [0.1, 0.15) is 52.8 Å². The Morgan fingerprint density at radius 1 is 1.31 bits per heavy atom. The molecule has 0 radical (unpaired) electrons. The van der Waals surface area contributed by atoms with Gasteiger partial charge in [0, 0.05) is 47.6 Å². The summed E-state index contributed by atoms with van der Waals surface area (Å²) in [7, 11) is 0. The minimum absolute atomic E-state index is 0.000380. The zero-order valence-corrected chi connectivity index (χ0v) is 20.2. The largest absolute Gasteiger partial charge is 0.444 e. The Hall–Kier alpha value is -2.86. The Kier molecular flexibility index (Phi) is 6.65. The highest BCUT2D eigenvalue weighted by Gasteiger charge is 2.26. The quantitative estimate of drug-likeness (QED) is 0.702. The van der Waals surface area contributed by atoms with Crippen LogP contribution in [0.4, 0.5) is 4.79 Å². The van der Waals surface area contributed by atoms with E-state index in [9.17, 15) is 14.9 Å². The summed E-state index contributed by atoms with van der Waals surface area (Å²) in [6, 6.07) is 5.78. The molecule has 2 aromatic heterocycles. The SMILES string of the molecule is CC(C)(C)OC(=O)NCC1CSc2nc(-c3ccc(C(C)(C)C)nc3)c(C#N)c(=O)n2C1. The molecule has 3 rings (SSSR count). The number of alkyl carbamates (subject to hydrolysis) is 1. The Morgan fingerprint density at radius 2 is 2.03 bits per heavy atom. The van der Waals surface area contributed by atoms with Gasteiger partial charge in [-0.2, -0.15) is 5.26 Å². The van der Waals surface area contributed by atoms with Crippen LogP contribution in [0.25, 0.3) is 11.3 Å². The number of carbonyl (C=O) groups is 1. The smallest absolute Gasteiger partial charge is 0.407 e. The third-order valence-corrected chi connectivity index (χ3v) is 6.08. The van der Waals surface area contributed by atoms with E-state index in [-0.39, 0.29) is 22.5 Å². The third-order valence-electron chi connectivity index (χ3n) is 4.87. The molecule has 0 spiro atoms. The van der Waals surface area contributed by atoms with Gasteiger partial charge < -0.3 is 10.1 Å². The van der Waals surface area contributed by atoms with Crippen molar-refractivity contribution in [3.8, 4) is 17.3 Å². The maximum absolute atomic E-state index is 13.1. The summed E-state index contributed by atoms with van der Waals surface area (Å²) >= 11 is 1.44. The van der Waals surface area contributed by atoms with Crippen molar-refractivity contribution in [3.63, 3.8) is 0 Å². The van der Waals surface area contributed by atoms with E-state index in [4.69, 9.17) is 4.74 Å². The fourth-order valence-electron chi connectivity index (χ4n) is 3.26. The lowest BCUT2D eigenvalue weighted by Crippen LogP contribution is -2.40. The fraction of sp³-hybridized carbons (Fsp3) is 0.522. The number of carbonyl (C=O) groups excluding carboxylic acids is 1. The molecule has 0 fully saturated rings. The van der Waals surface area contributed by atoms with Crippen molar-refractivity contribution < 1.29 is 9.53 Å². The maximum Gasteiger partial charge on any atom is 0.407 e. The standard InChI is InChI=1S/C23H29N5O3S/c1-22(2,3)17-8-7-15(11-25-17)18-16(9-24)19(29)28-12-14(13-32-20(28)27-18)10-26-21(30)31-23(4,5)6/h7-8,11,14H,10,12-13H2,1-6H3,(H,26,30). The molecule has 0 aliphatic carbocycles. The molecule has 2 aromatic rings. The summed E-state index contributed by atoms with van der Waals surface area (Å²) in [6.45, 7) is 12.4. The molecular weight excluding hydrogens is 426 g/mol. The van der Waals surface area contributed by atoms with Crippen LogP contribution in [0.3, 0.4) is 0 Å². The maximum atomic E-state index is 13.1. The fourth-order valence-corrected chi connectivity index (χ4v) is 4.34. The first kappa shape index (κ1) is 23.8. The zero-order valence-electron chi connectivity index (χ0n) is 19.4. The molecule has 1 aliphatic heterocycles. The lowest BCUT2D eigenvalue weighted by Gasteiger charge is -2.26. The van der Waals surface area contributed by atoms with Crippen molar-refractivity contribution in [1.82, 2.24) is 19.9 Å². The molecule has 1 atom stereocenters. The van der Waals surface area contributed by atoms with Gasteiger partial charge in [-0.15, -0.1) is 0 Å². The molecule has 0 aromatic carbocycles. The van der Waals surface area contributed by atoms with Crippen LogP contribution >= 0.6 is 11.8 Å². The Morgan fingerprint density at radius 3 is 2.59 bits per heavy atom. The number of pyridine rings is 1. The number of thioether (sulfide) groups is 1. The molecule has 1 amide bonds. The van der Waals surface area contributed by atoms with E-state index in [2.05, 4.69) is 36.1 Å². The number of nitrogens with zero attached hydrogens (tertiary/aromatic N) is 4. The van der Waals surface area contributed by atoms with Crippen LogP contribution < -0.4 is 10.9 Å². The van der Waals surface area contributed by atoms with Gasteiger partial charge in [0.05, 0.1) is 5.69 Å². The predicted octanol–water partition coefficient (Wildman–Crippen LogP) is 3.72. The second-order valence-electron chi connectivity index (χ2n) is 9.89. The first-order valence-corrected chi connectivity index (χ1v) is 11.5. The number of ether oxygens (including phenoxy) is 1. The summed E-state index contributed by atoms with van der Waals surface area (Å²) in [5.41, 5.74) is 0.874. The number of rotatable bonds is 3. The second-order valence-corrected chi connectivity index (χ2v) is 10.9.